The highest BCUT2D eigenvalue weighted by Gasteiger charge is 2.23. The Bertz CT molecular complexity index is 1340. The second-order valence-electron chi connectivity index (χ2n) is 9.35. The number of likely N-dealkylation sites (tertiary alicyclic amines) is 1. The predicted octanol–water partition coefficient (Wildman–Crippen LogP) is 5.54. The van der Waals surface area contributed by atoms with Crippen molar-refractivity contribution in [2.24, 2.45) is 0 Å². The van der Waals surface area contributed by atoms with Crippen molar-refractivity contribution in [3.05, 3.63) is 112 Å². The molecule has 0 unspecified atom stereocenters. The summed E-state index contributed by atoms with van der Waals surface area (Å²) in [5.41, 5.74) is 2.92. The quantitative estimate of drug-likeness (QED) is 0.354. The van der Waals surface area contributed by atoms with Crippen LogP contribution >= 0.6 is 0 Å². The Hall–Kier alpha value is -3.38. The highest BCUT2D eigenvalue weighted by Crippen LogP contribution is 2.24. The topological polar surface area (TPSA) is 38.1 Å². The molecule has 0 bridgehead atoms. The molecule has 1 aliphatic heterocycles. The number of benzene rings is 3. The molecule has 3 aromatic carbocycles. The molecule has 1 aliphatic rings. The van der Waals surface area contributed by atoms with Crippen LogP contribution in [0.3, 0.4) is 0 Å². The van der Waals surface area contributed by atoms with Gasteiger partial charge in [-0.25, -0.2) is 13.5 Å². The van der Waals surface area contributed by atoms with E-state index in [1.807, 2.05) is 36.4 Å². The molecule has 1 fully saturated rings. The molecule has 2 heterocycles. The number of hydrogen-bond donors (Lipinski definition) is 0. The van der Waals surface area contributed by atoms with Gasteiger partial charge < -0.3 is 4.90 Å². The van der Waals surface area contributed by atoms with Gasteiger partial charge in [0.15, 0.2) is 0 Å². The van der Waals surface area contributed by atoms with Gasteiger partial charge in [-0.2, -0.15) is 5.10 Å². The first kappa shape index (κ1) is 23.4. The molecule has 0 N–H and O–H groups in total. The van der Waals surface area contributed by atoms with E-state index in [1.165, 1.54) is 24.3 Å². The van der Waals surface area contributed by atoms with Crippen molar-refractivity contribution in [1.29, 1.82) is 0 Å². The fourth-order valence-electron chi connectivity index (χ4n) is 4.99. The van der Waals surface area contributed by atoms with E-state index in [0.29, 0.717) is 11.8 Å². The maximum atomic E-state index is 13.4. The molecular weight excluding hydrogens is 444 g/mol. The van der Waals surface area contributed by atoms with Crippen LogP contribution in [0.2, 0.25) is 0 Å². The van der Waals surface area contributed by atoms with Crippen LogP contribution < -0.4 is 5.56 Å². The van der Waals surface area contributed by atoms with Gasteiger partial charge in [-0.1, -0.05) is 42.5 Å². The molecule has 0 aliphatic carbocycles. The van der Waals surface area contributed by atoms with E-state index in [0.717, 1.165) is 67.5 Å². The van der Waals surface area contributed by atoms with Crippen molar-refractivity contribution < 1.29 is 8.78 Å². The lowest BCUT2D eigenvalue weighted by molar-refractivity contribution is 0.175. The molecule has 1 saturated heterocycles. The summed E-state index contributed by atoms with van der Waals surface area (Å²) in [6.45, 7) is 2.82. The van der Waals surface area contributed by atoms with Crippen molar-refractivity contribution >= 4 is 10.8 Å². The average Bonchev–Trinajstić information content (AvgIpc) is 2.89. The minimum absolute atomic E-state index is 0.0433. The van der Waals surface area contributed by atoms with Crippen molar-refractivity contribution in [2.45, 2.75) is 38.1 Å². The Labute approximate surface area is 203 Å². The summed E-state index contributed by atoms with van der Waals surface area (Å²) in [6, 6.07) is 20.9. The Morgan fingerprint density at radius 2 is 1.40 bits per heavy atom. The molecule has 0 spiro atoms. The largest absolute Gasteiger partial charge is 0.303 e. The highest BCUT2D eigenvalue weighted by molar-refractivity contribution is 5.83. The fourth-order valence-corrected chi connectivity index (χ4v) is 4.99. The smallest absolute Gasteiger partial charge is 0.274 e. The number of aryl methyl sites for hydroxylation is 1. The number of piperidine rings is 1. The highest BCUT2D eigenvalue weighted by atomic mass is 19.1. The monoisotopic (exact) mass is 473 g/mol. The molecule has 35 heavy (non-hydrogen) atoms. The molecule has 5 rings (SSSR count). The van der Waals surface area contributed by atoms with Crippen molar-refractivity contribution in [3.8, 4) is 0 Å². The summed E-state index contributed by atoms with van der Waals surface area (Å²) in [5, 5.41) is 6.38. The lowest BCUT2D eigenvalue weighted by atomic mass is 10.0. The Kier molecular flexibility index (Phi) is 7.00. The molecule has 4 nitrogen and oxygen atoms in total. The molecule has 0 atom stereocenters. The zero-order chi connectivity index (χ0) is 24.2. The maximum absolute atomic E-state index is 13.4. The third-order valence-corrected chi connectivity index (χ3v) is 6.95. The van der Waals surface area contributed by atoms with E-state index in [9.17, 15) is 13.6 Å². The second-order valence-corrected chi connectivity index (χ2v) is 9.35. The molecule has 4 aromatic rings. The maximum Gasteiger partial charge on any atom is 0.274 e. The van der Waals surface area contributed by atoms with Gasteiger partial charge in [0.05, 0.1) is 17.1 Å². The molecule has 0 amide bonds. The summed E-state index contributed by atoms with van der Waals surface area (Å²) in [7, 11) is 0. The molecule has 0 saturated carbocycles. The van der Waals surface area contributed by atoms with E-state index in [2.05, 4.69) is 4.90 Å². The number of fused-ring (bicyclic) bond motifs is 1. The summed E-state index contributed by atoms with van der Waals surface area (Å²) >= 11 is 0. The lowest BCUT2D eigenvalue weighted by Gasteiger charge is -2.32. The first-order chi connectivity index (χ1) is 17.1. The van der Waals surface area contributed by atoms with Gasteiger partial charge in [-0.05, 0) is 73.7 Å². The predicted molar refractivity (Wildman–Crippen MR) is 135 cm³/mol. The SMILES string of the molecule is O=c1c2ccccc2c(Cc2ccc(F)cc2)nn1C1CCN(CCCc2ccc(F)cc2)CC1. The molecule has 1 aromatic heterocycles. The second kappa shape index (κ2) is 10.5. The van der Waals surface area contributed by atoms with Crippen LogP contribution in [0.4, 0.5) is 8.78 Å². The lowest BCUT2D eigenvalue weighted by Crippen LogP contribution is -2.39. The van der Waals surface area contributed by atoms with Crippen molar-refractivity contribution in [1.82, 2.24) is 14.7 Å². The van der Waals surface area contributed by atoms with E-state index in [1.54, 1.807) is 16.8 Å². The number of nitrogens with zero attached hydrogens (tertiary/aromatic N) is 3. The summed E-state index contributed by atoms with van der Waals surface area (Å²) in [6.07, 6.45) is 4.24. The van der Waals surface area contributed by atoms with E-state index >= 15 is 0 Å². The van der Waals surface area contributed by atoms with Crippen LogP contribution in [0.5, 0.6) is 0 Å². The summed E-state index contributed by atoms with van der Waals surface area (Å²) in [4.78, 5) is 15.8. The van der Waals surface area contributed by atoms with Gasteiger partial charge in [0, 0.05) is 24.9 Å². The number of aromatic nitrogens is 2. The van der Waals surface area contributed by atoms with E-state index in [4.69, 9.17) is 5.10 Å². The molecule has 180 valence electrons. The van der Waals surface area contributed by atoms with Gasteiger partial charge in [0.1, 0.15) is 11.6 Å². The summed E-state index contributed by atoms with van der Waals surface area (Å²) in [5.74, 6) is -0.463. The van der Waals surface area contributed by atoms with E-state index in [-0.39, 0.29) is 23.2 Å². The normalized spacial score (nSPS) is 15.0. The standard InChI is InChI=1S/C29H29F2N3O/c30-23-11-7-21(8-12-23)4-3-17-33-18-15-25(16-19-33)34-29(35)27-6-2-1-5-26(27)28(32-34)20-22-9-13-24(31)14-10-22/h1-2,5-14,25H,3-4,15-20H2. The third kappa shape index (κ3) is 5.49. The van der Waals surface area contributed by atoms with Gasteiger partial charge in [-0.3, -0.25) is 4.79 Å². The number of halogens is 2. The number of hydrogen-bond acceptors (Lipinski definition) is 3. The minimum atomic E-state index is -0.263. The van der Waals surface area contributed by atoms with Crippen LogP contribution in [-0.2, 0) is 12.8 Å². The van der Waals surface area contributed by atoms with Gasteiger partial charge in [0.25, 0.3) is 5.56 Å². The molecular formula is C29H29F2N3O. The van der Waals surface area contributed by atoms with Crippen LogP contribution in [-0.4, -0.2) is 34.3 Å². The Morgan fingerprint density at radius 1 is 0.800 bits per heavy atom. The van der Waals surface area contributed by atoms with Gasteiger partial charge >= 0.3 is 0 Å². The zero-order valence-corrected chi connectivity index (χ0v) is 19.7. The molecule has 6 heteroatoms. The van der Waals surface area contributed by atoms with Gasteiger partial charge in [-0.15, -0.1) is 0 Å². The fraction of sp³-hybridized carbons (Fsp3) is 0.310. The first-order valence-corrected chi connectivity index (χ1v) is 12.3. The average molecular weight is 474 g/mol. The number of rotatable bonds is 7. The van der Waals surface area contributed by atoms with Crippen molar-refractivity contribution in [3.63, 3.8) is 0 Å². The third-order valence-electron chi connectivity index (χ3n) is 6.95. The van der Waals surface area contributed by atoms with Crippen LogP contribution in [0, 0.1) is 11.6 Å². The van der Waals surface area contributed by atoms with E-state index < -0.39 is 0 Å². The Balaban J connectivity index is 1.28. The van der Waals surface area contributed by atoms with Crippen molar-refractivity contribution in [2.75, 3.05) is 19.6 Å². The minimum Gasteiger partial charge on any atom is -0.303 e. The zero-order valence-electron chi connectivity index (χ0n) is 19.7. The Morgan fingerprint density at radius 3 is 2.06 bits per heavy atom. The van der Waals surface area contributed by atoms with Crippen LogP contribution in [0.1, 0.15) is 42.1 Å². The first-order valence-electron chi connectivity index (χ1n) is 12.3. The van der Waals surface area contributed by atoms with Crippen LogP contribution in [0.25, 0.3) is 10.8 Å². The molecule has 0 radical (unpaired) electrons. The van der Waals surface area contributed by atoms with Crippen LogP contribution in [0.15, 0.2) is 77.6 Å². The summed E-state index contributed by atoms with van der Waals surface area (Å²) < 4.78 is 28.1. The van der Waals surface area contributed by atoms with Gasteiger partial charge in [0.2, 0.25) is 0 Å².